The number of carbonyl (C=O) groups is 1. The van der Waals surface area contributed by atoms with Crippen molar-refractivity contribution in [3.8, 4) is 0 Å². The van der Waals surface area contributed by atoms with Gasteiger partial charge in [0.1, 0.15) is 6.10 Å². The van der Waals surface area contributed by atoms with Gasteiger partial charge in [-0.05, 0) is 17.7 Å². The second kappa shape index (κ2) is 4.28. The van der Waals surface area contributed by atoms with Crippen molar-refractivity contribution in [3.05, 3.63) is 23.8 Å². The van der Waals surface area contributed by atoms with Gasteiger partial charge in [0.25, 0.3) is 0 Å². The molecule has 1 aromatic heterocycles. The number of aliphatic hydroxyl groups excluding tert-OH is 2. The minimum atomic E-state index is -1.85. The van der Waals surface area contributed by atoms with Crippen LogP contribution < -0.4 is 5.73 Å². The zero-order chi connectivity index (χ0) is 12.6. The van der Waals surface area contributed by atoms with Gasteiger partial charge in [0, 0.05) is 0 Å². The largest absolute Gasteiger partial charge is 0.479 e. The van der Waals surface area contributed by atoms with E-state index in [1.807, 2.05) is 0 Å². The standard InChI is InChI=1S/C10H10N2O4S/c11-10-12-5-2-1-4(3-6(5)17-10)7(13)8(14)9(15)16/h1-3,7-8,13-14H,(H2,11,12)(H,15,16). The first-order chi connectivity index (χ1) is 7.99. The summed E-state index contributed by atoms with van der Waals surface area (Å²) in [4.78, 5) is 14.6. The normalized spacial score (nSPS) is 14.7. The van der Waals surface area contributed by atoms with Crippen LogP contribution in [0.3, 0.4) is 0 Å². The van der Waals surface area contributed by atoms with E-state index in [0.29, 0.717) is 16.2 Å². The van der Waals surface area contributed by atoms with Crippen LogP contribution in [-0.2, 0) is 4.79 Å². The Balaban J connectivity index is 2.38. The summed E-state index contributed by atoms with van der Waals surface area (Å²) in [6, 6.07) is 4.70. The van der Waals surface area contributed by atoms with Crippen LogP contribution in [0.25, 0.3) is 10.2 Å². The lowest BCUT2D eigenvalue weighted by atomic mass is 10.0. The zero-order valence-electron chi connectivity index (χ0n) is 8.57. The number of nitrogens with two attached hydrogens (primary N) is 1. The van der Waals surface area contributed by atoms with Gasteiger partial charge in [-0.3, -0.25) is 0 Å². The Hall–Kier alpha value is -1.70. The summed E-state index contributed by atoms with van der Waals surface area (Å²) in [5.74, 6) is -1.47. The number of hydrogen-bond donors (Lipinski definition) is 4. The number of fused-ring (bicyclic) bond motifs is 1. The fourth-order valence-corrected chi connectivity index (χ4v) is 2.24. The van der Waals surface area contributed by atoms with Crippen LogP contribution in [0.1, 0.15) is 11.7 Å². The monoisotopic (exact) mass is 254 g/mol. The molecule has 0 aliphatic heterocycles. The van der Waals surface area contributed by atoms with E-state index in [1.165, 1.54) is 17.4 Å². The summed E-state index contributed by atoms with van der Waals surface area (Å²) in [6.07, 6.45) is -3.32. The third kappa shape index (κ3) is 2.21. The molecule has 2 atom stereocenters. The molecule has 5 N–H and O–H groups in total. The summed E-state index contributed by atoms with van der Waals surface area (Å²) in [5, 5.41) is 27.9. The number of nitrogens with zero attached hydrogens (tertiary/aromatic N) is 1. The second-order valence-corrected chi connectivity index (χ2v) is 4.57. The highest BCUT2D eigenvalue weighted by molar-refractivity contribution is 7.22. The molecule has 0 aliphatic rings. The second-order valence-electron chi connectivity index (χ2n) is 3.51. The first-order valence-electron chi connectivity index (χ1n) is 4.74. The van der Waals surface area contributed by atoms with E-state index in [0.717, 1.165) is 4.70 Å². The van der Waals surface area contributed by atoms with E-state index < -0.39 is 18.2 Å². The number of rotatable bonds is 3. The molecule has 0 bridgehead atoms. The van der Waals surface area contributed by atoms with Crippen LogP contribution in [0.5, 0.6) is 0 Å². The number of aromatic nitrogens is 1. The maximum Gasteiger partial charge on any atom is 0.335 e. The Morgan fingerprint density at radius 3 is 2.76 bits per heavy atom. The van der Waals surface area contributed by atoms with Crippen LogP contribution in [0.2, 0.25) is 0 Å². The zero-order valence-corrected chi connectivity index (χ0v) is 9.39. The number of carboxylic acids is 1. The number of nitrogen functional groups attached to an aromatic ring is 1. The summed E-state index contributed by atoms with van der Waals surface area (Å²) in [5.41, 5.74) is 6.52. The van der Waals surface area contributed by atoms with Gasteiger partial charge in [-0.15, -0.1) is 0 Å². The van der Waals surface area contributed by atoms with Crippen molar-refractivity contribution < 1.29 is 20.1 Å². The smallest absolute Gasteiger partial charge is 0.335 e. The number of benzene rings is 1. The van der Waals surface area contributed by atoms with Gasteiger partial charge in [0.15, 0.2) is 11.2 Å². The van der Waals surface area contributed by atoms with Crippen molar-refractivity contribution in [1.82, 2.24) is 4.98 Å². The van der Waals surface area contributed by atoms with Gasteiger partial charge < -0.3 is 21.1 Å². The molecule has 17 heavy (non-hydrogen) atoms. The molecule has 0 spiro atoms. The molecule has 1 heterocycles. The number of carboxylic acid groups (broad SMARTS) is 1. The molecule has 0 amide bonds. The van der Waals surface area contributed by atoms with E-state index in [2.05, 4.69) is 4.98 Å². The number of anilines is 1. The first kappa shape index (κ1) is 11.8. The summed E-state index contributed by atoms with van der Waals surface area (Å²) in [6.45, 7) is 0. The Bertz CT molecular complexity index is 568. The van der Waals surface area contributed by atoms with Crippen molar-refractivity contribution in [2.45, 2.75) is 12.2 Å². The highest BCUT2D eigenvalue weighted by Gasteiger charge is 2.25. The van der Waals surface area contributed by atoms with Crippen molar-refractivity contribution in [1.29, 1.82) is 0 Å². The highest BCUT2D eigenvalue weighted by Crippen LogP contribution is 2.27. The molecular weight excluding hydrogens is 244 g/mol. The minimum Gasteiger partial charge on any atom is -0.479 e. The Labute approximate surface area is 100.0 Å². The molecule has 0 radical (unpaired) electrons. The lowest BCUT2D eigenvalue weighted by Gasteiger charge is -2.13. The molecule has 1 aromatic carbocycles. The number of aliphatic hydroxyl groups is 2. The maximum atomic E-state index is 10.5. The van der Waals surface area contributed by atoms with E-state index in [-0.39, 0.29) is 0 Å². The predicted molar refractivity (Wildman–Crippen MR) is 62.6 cm³/mol. The average Bonchev–Trinajstić information content (AvgIpc) is 2.65. The van der Waals surface area contributed by atoms with E-state index in [1.54, 1.807) is 12.1 Å². The number of thiazole rings is 1. The molecule has 2 aromatic rings. The topological polar surface area (TPSA) is 117 Å². The van der Waals surface area contributed by atoms with Gasteiger partial charge in [0.2, 0.25) is 0 Å². The summed E-state index contributed by atoms with van der Waals surface area (Å²) in [7, 11) is 0. The van der Waals surface area contributed by atoms with Crippen LogP contribution in [0.15, 0.2) is 18.2 Å². The lowest BCUT2D eigenvalue weighted by Crippen LogP contribution is -2.27. The van der Waals surface area contributed by atoms with Gasteiger partial charge in [-0.1, -0.05) is 17.4 Å². The van der Waals surface area contributed by atoms with Gasteiger partial charge in [-0.2, -0.15) is 0 Å². The highest BCUT2D eigenvalue weighted by atomic mass is 32.1. The Morgan fingerprint density at radius 2 is 2.12 bits per heavy atom. The number of hydrogen-bond acceptors (Lipinski definition) is 6. The van der Waals surface area contributed by atoms with Crippen LogP contribution in [-0.4, -0.2) is 32.4 Å². The molecule has 6 nitrogen and oxygen atoms in total. The fourth-order valence-electron chi connectivity index (χ4n) is 1.46. The van der Waals surface area contributed by atoms with E-state index >= 15 is 0 Å². The third-order valence-corrected chi connectivity index (χ3v) is 3.17. The predicted octanol–water partition coefficient (Wildman–Crippen LogP) is 0.357. The maximum absolute atomic E-state index is 10.5. The van der Waals surface area contributed by atoms with Crippen molar-refractivity contribution in [2.75, 3.05) is 5.73 Å². The molecule has 0 saturated carbocycles. The summed E-state index contributed by atoms with van der Waals surface area (Å²) < 4.78 is 0.733. The Kier molecular flexibility index (Phi) is 2.97. The molecule has 2 rings (SSSR count). The van der Waals surface area contributed by atoms with Crippen molar-refractivity contribution >= 4 is 32.7 Å². The van der Waals surface area contributed by atoms with Gasteiger partial charge >= 0.3 is 5.97 Å². The third-order valence-electron chi connectivity index (χ3n) is 2.32. The molecule has 0 saturated heterocycles. The Morgan fingerprint density at radius 1 is 1.41 bits per heavy atom. The van der Waals surface area contributed by atoms with Crippen molar-refractivity contribution in [3.63, 3.8) is 0 Å². The fraction of sp³-hybridized carbons (Fsp3) is 0.200. The molecule has 7 heteroatoms. The minimum absolute atomic E-state index is 0.316. The molecule has 0 aliphatic carbocycles. The van der Waals surface area contributed by atoms with Crippen LogP contribution in [0.4, 0.5) is 5.13 Å². The van der Waals surface area contributed by atoms with Crippen molar-refractivity contribution in [2.24, 2.45) is 0 Å². The van der Waals surface area contributed by atoms with Crippen LogP contribution >= 0.6 is 11.3 Å². The first-order valence-corrected chi connectivity index (χ1v) is 5.55. The van der Waals surface area contributed by atoms with Gasteiger partial charge in [-0.25, -0.2) is 9.78 Å². The molecular formula is C10H10N2O4S. The SMILES string of the molecule is Nc1nc2ccc(C(O)C(O)C(=O)O)cc2s1. The average molecular weight is 254 g/mol. The van der Waals surface area contributed by atoms with Gasteiger partial charge in [0.05, 0.1) is 10.2 Å². The van der Waals surface area contributed by atoms with E-state index in [9.17, 15) is 15.0 Å². The summed E-state index contributed by atoms with van der Waals surface area (Å²) >= 11 is 1.23. The molecule has 0 fully saturated rings. The quantitative estimate of drug-likeness (QED) is 0.628. The molecule has 90 valence electrons. The van der Waals surface area contributed by atoms with E-state index in [4.69, 9.17) is 10.8 Å². The number of aliphatic carboxylic acids is 1. The molecule has 2 unspecified atom stereocenters. The van der Waals surface area contributed by atoms with Crippen LogP contribution in [0, 0.1) is 0 Å². The lowest BCUT2D eigenvalue weighted by molar-refractivity contribution is -0.153.